The molecule has 3 nitrogen and oxygen atoms in total. The van der Waals surface area contributed by atoms with Gasteiger partial charge in [0.1, 0.15) is 5.75 Å². The van der Waals surface area contributed by atoms with E-state index in [2.05, 4.69) is 5.32 Å². The van der Waals surface area contributed by atoms with Gasteiger partial charge in [0.05, 0.1) is 24.3 Å². The van der Waals surface area contributed by atoms with Crippen LogP contribution in [0.3, 0.4) is 0 Å². The molecule has 0 aliphatic heterocycles. The maximum atomic E-state index is 13.0. The molecule has 128 valence electrons. The fraction of sp³-hybridized carbons (Fsp3) is 0.278. The first-order chi connectivity index (χ1) is 11.4. The van der Waals surface area contributed by atoms with Gasteiger partial charge in [-0.1, -0.05) is 31.2 Å². The molecule has 0 saturated heterocycles. The van der Waals surface area contributed by atoms with Gasteiger partial charge in [-0.15, -0.1) is 0 Å². The zero-order chi connectivity index (χ0) is 17.7. The summed E-state index contributed by atoms with van der Waals surface area (Å²) in [5, 5.41) is 2.67. The maximum absolute atomic E-state index is 13.0. The molecule has 6 heteroatoms. The van der Waals surface area contributed by atoms with Crippen LogP contribution in [0.1, 0.15) is 40.9 Å². The lowest BCUT2D eigenvalue weighted by Crippen LogP contribution is -2.30. The van der Waals surface area contributed by atoms with Crippen LogP contribution in [-0.2, 0) is 6.18 Å². The summed E-state index contributed by atoms with van der Waals surface area (Å²) < 4.78 is 44.2. The van der Waals surface area contributed by atoms with Gasteiger partial charge in [-0.05, 0) is 36.2 Å². The van der Waals surface area contributed by atoms with Gasteiger partial charge < -0.3 is 10.1 Å². The highest BCUT2D eigenvalue weighted by molar-refractivity contribution is 5.96. The predicted molar refractivity (Wildman–Crippen MR) is 84.9 cm³/mol. The average molecular weight is 337 g/mol. The van der Waals surface area contributed by atoms with Crippen LogP contribution in [-0.4, -0.2) is 13.0 Å². The minimum Gasteiger partial charge on any atom is -0.497 e. The van der Waals surface area contributed by atoms with E-state index in [-0.39, 0.29) is 11.6 Å². The fourth-order valence-electron chi connectivity index (χ4n) is 2.42. The number of nitrogens with one attached hydrogen (secondary N) is 1. The van der Waals surface area contributed by atoms with E-state index in [0.717, 1.165) is 11.6 Å². The van der Waals surface area contributed by atoms with Gasteiger partial charge in [-0.3, -0.25) is 4.79 Å². The first kappa shape index (κ1) is 17.8. The molecular formula is C18H18F3NO2. The summed E-state index contributed by atoms with van der Waals surface area (Å²) in [5.74, 6) is -0.0760. The van der Waals surface area contributed by atoms with E-state index >= 15 is 0 Å². The fourth-order valence-corrected chi connectivity index (χ4v) is 2.42. The number of hydrogen-bond acceptors (Lipinski definition) is 2. The average Bonchev–Trinajstić information content (AvgIpc) is 2.59. The molecule has 1 N–H and O–H groups in total. The summed E-state index contributed by atoms with van der Waals surface area (Å²) in [7, 11) is 1.54. The molecule has 0 aliphatic rings. The van der Waals surface area contributed by atoms with Crippen molar-refractivity contribution in [3.05, 3.63) is 65.2 Å². The largest absolute Gasteiger partial charge is 0.497 e. The van der Waals surface area contributed by atoms with E-state index in [1.165, 1.54) is 18.2 Å². The molecular weight excluding hydrogens is 319 g/mol. The Morgan fingerprint density at radius 2 is 1.75 bits per heavy atom. The minimum absolute atomic E-state index is 0.378. The molecule has 2 rings (SSSR count). The van der Waals surface area contributed by atoms with Crippen molar-refractivity contribution in [2.45, 2.75) is 25.6 Å². The van der Waals surface area contributed by atoms with Crippen LogP contribution >= 0.6 is 0 Å². The predicted octanol–water partition coefficient (Wildman–Crippen LogP) is 4.60. The van der Waals surface area contributed by atoms with Gasteiger partial charge in [0.25, 0.3) is 5.91 Å². The molecule has 0 radical (unpaired) electrons. The highest BCUT2D eigenvalue weighted by atomic mass is 19.4. The molecule has 2 aromatic rings. The number of carbonyl (C=O) groups excluding carboxylic acids is 1. The molecule has 0 saturated carbocycles. The van der Waals surface area contributed by atoms with E-state index in [4.69, 9.17) is 4.74 Å². The van der Waals surface area contributed by atoms with E-state index in [1.54, 1.807) is 31.4 Å². The summed E-state index contributed by atoms with van der Waals surface area (Å²) in [6, 6.07) is 11.4. The lowest BCUT2D eigenvalue weighted by atomic mass is 10.0. The van der Waals surface area contributed by atoms with Gasteiger partial charge in [0.15, 0.2) is 0 Å². The van der Waals surface area contributed by atoms with Gasteiger partial charge in [0, 0.05) is 0 Å². The smallest absolute Gasteiger partial charge is 0.417 e. The second-order valence-electron chi connectivity index (χ2n) is 5.25. The van der Waals surface area contributed by atoms with Gasteiger partial charge in [0.2, 0.25) is 0 Å². The van der Waals surface area contributed by atoms with Crippen molar-refractivity contribution in [2.75, 3.05) is 7.11 Å². The summed E-state index contributed by atoms with van der Waals surface area (Å²) >= 11 is 0. The Kier molecular flexibility index (Phi) is 5.49. The quantitative estimate of drug-likeness (QED) is 0.866. The van der Waals surface area contributed by atoms with Gasteiger partial charge in [-0.2, -0.15) is 13.2 Å². The number of rotatable bonds is 5. The number of methoxy groups -OCH3 is 1. The van der Waals surface area contributed by atoms with E-state index < -0.39 is 17.6 Å². The third-order valence-corrected chi connectivity index (χ3v) is 3.71. The number of ether oxygens (including phenoxy) is 1. The Balaban J connectivity index is 2.24. The first-order valence-electron chi connectivity index (χ1n) is 7.47. The monoisotopic (exact) mass is 337 g/mol. The summed E-state index contributed by atoms with van der Waals surface area (Å²) in [6.45, 7) is 1.85. The molecule has 0 bridgehead atoms. The number of hydrogen-bond donors (Lipinski definition) is 1. The van der Waals surface area contributed by atoms with Crippen LogP contribution in [0.15, 0.2) is 48.5 Å². The molecule has 24 heavy (non-hydrogen) atoms. The third-order valence-electron chi connectivity index (χ3n) is 3.71. The van der Waals surface area contributed by atoms with Crippen molar-refractivity contribution in [1.82, 2.24) is 5.32 Å². The van der Waals surface area contributed by atoms with Gasteiger partial charge in [-0.25, -0.2) is 0 Å². The molecule has 0 spiro atoms. The van der Waals surface area contributed by atoms with Crippen LogP contribution in [0.4, 0.5) is 13.2 Å². The highest BCUT2D eigenvalue weighted by Gasteiger charge is 2.35. The van der Waals surface area contributed by atoms with Crippen LogP contribution in [0.5, 0.6) is 5.75 Å². The zero-order valence-electron chi connectivity index (χ0n) is 13.4. The lowest BCUT2D eigenvalue weighted by Gasteiger charge is -2.19. The molecule has 0 aliphatic carbocycles. The number of alkyl halides is 3. The van der Waals surface area contributed by atoms with Crippen molar-refractivity contribution in [3.8, 4) is 5.75 Å². The van der Waals surface area contributed by atoms with Crippen molar-refractivity contribution < 1.29 is 22.7 Å². The van der Waals surface area contributed by atoms with Crippen LogP contribution in [0.25, 0.3) is 0 Å². The highest BCUT2D eigenvalue weighted by Crippen LogP contribution is 2.32. The number of halogens is 3. The van der Waals surface area contributed by atoms with E-state index in [1.807, 2.05) is 6.92 Å². The molecule has 0 fully saturated rings. The van der Waals surface area contributed by atoms with E-state index in [9.17, 15) is 18.0 Å². The Bertz CT molecular complexity index is 696. The minimum atomic E-state index is -4.57. The molecule has 0 aromatic heterocycles. The van der Waals surface area contributed by atoms with Crippen molar-refractivity contribution in [1.29, 1.82) is 0 Å². The van der Waals surface area contributed by atoms with Crippen molar-refractivity contribution in [2.24, 2.45) is 0 Å². The summed E-state index contributed by atoms with van der Waals surface area (Å²) in [5.41, 5.74) is -0.514. The third kappa shape index (κ3) is 4.07. The maximum Gasteiger partial charge on any atom is 0.417 e. The standard InChI is InChI=1S/C18H18F3NO2/c1-3-16(12-8-10-13(24-2)11-9-12)22-17(23)14-6-4-5-7-15(14)18(19,20)21/h4-11,16H,3H2,1-2H3,(H,22,23). The summed E-state index contributed by atoms with van der Waals surface area (Å²) in [4.78, 5) is 12.3. The Morgan fingerprint density at radius 1 is 1.12 bits per heavy atom. The van der Waals surface area contributed by atoms with Crippen LogP contribution in [0.2, 0.25) is 0 Å². The molecule has 2 aromatic carbocycles. The van der Waals surface area contributed by atoms with Crippen LogP contribution in [0, 0.1) is 0 Å². The molecule has 1 unspecified atom stereocenters. The Labute approximate surface area is 138 Å². The molecule has 1 atom stereocenters. The Morgan fingerprint density at radius 3 is 2.29 bits per heavy atom. The topological polar surface area (TPSA) is 38.3 Å². The summed E-state index contributed by atoms with van der Waals surface area (Å²) in [6.07, 6.45) is -4.03. The lowest BCUT2D eigenvalue weighted by molar-refractivity contribution is -0.137. The second-order valence-corrected chi connectivity index (χ2v) is 5.25. The van der Waals surface area contributed by atoms with Crippen molar-refractivity contribution in [3.63, 3.8) is 0 Å². The number of amides is 1. The van der Waals surface area contributed by atoms with Crippen molar-refractivity contribution >= 4 is 5.91 Å². The van der Waals surface area contributed by atoms with Crippen LogP contribution < -0.4 is 10.1 Å². The zero-order valence-corrected chi connectivity index (χ0v) is 13.4. The van der Waals surface area contributed by atoms with E-state index in [0.29, 0.717) is 12.2 Å². The van der Waals surface area contributed by atoms with Gasteiger partial charge >= 0.3 is 6.18 Å². The first-order valence-corrected chi connectivity index (χ1v) is 7.47. The second kappa shape index (κ2) is 7.38. The number of carbonyl (C=O) groups is 1. The SMILES string of the molecule is CCC(NC(=O)c1ccccc1C(F)(F)F)c1ccc(OC)cc1. The number of benzene rings is 2. The Hall–Kier alpha value is -2.50. The molecule has 0 heterocycles. The normalized spacial score (nSPS) is 12.5. The molecule has 1 amide bonds.